The van der Waals surface area contributed by atoms with E-state index in [0.717, 1.165) is 25.7 Å². The second-order valence-electron chi connectivity index (χ2n) is 4.99. The van der Waals surface area contributed by atoms with Crippen LogP contribution in [0.1, 0.15) is 25.7 Å². The number of hydrogen-bond donors (Lipinski definition) is 1. The van der Waals surface area contributed by atoms with Gasteiger partial charge in [0.25, 0.3) is 0 Å². The second-order valence-corrected chi connectivity index (χ2v) is 4.99. The number of methoxy groups -OCH3 is 1. The van der Waals surface area contributed by atoms with Gasteiger partial charge in [-0.05, 0) is 43.5 Å². The minimum Gasteiger partial charge on any atom is -0.482 e. The van der Waals surface area contributed by atoms with Gasteiger partial charge >= 0.3 is 5.97 Å². The highest BCUT2D eigenvalue weighted by Gasteiger charge is 2.24. The van der Waals surface area contributed by atoms with Crippen LogP contribution in [0.3, 0.4) is 0 Å². The molecule has 5 nitrogen and oxygen atoms in total. The number of ether oxygens (including phenoxy) is 3. The lowest BCUT2D eigenvalue weighted by molar-refractivity contribution is -0.155. The van der Waals surface area contributed by atoms with E-state index >= 15 is 0 Å². The summed E-state index contributed by atoms with van der Waals surface area (Å²) in [5, 5.41) is 0. The van der Waals surface area contributed by atoms with Crippen LogP contribution in [-0.4, -0.2) is 31.9 Å². The third kappa shape index (κ3) is 4.42. The van der Waals surface area contributed by atoms with E-state index in [1.165, 1.54) is 0 Å². The Morgan fingerprint density at radius 1 is 1.25 bits per heavy atom. The number of nitrogens with two attached hydrogens (primary N) is 1. The fourth-order valence-electron chi connectivity index (χ4n) is 2.35. The fraction of sp³-hybridized carbons (Fsp3) is 0.533. The Kier molecular flexibility index (Phi) is 5.24. The summed E-state index contributed by atoms with van der Waals surface area (Å²) in [6, 6.07) is 6.91. The van der Waals surface area contributed by atoms with E-state index in [4.69, 9.17) is 19.9 Å². The van der Waals surface area contributed by atoms with Crippen molar-refractivity contribution >= 4 is 11.7 Å². The molecule has 0 heterocycles. The van der Waals surface area contributed by atoms with E-state index in [-0.39, 0.29) is 24.8 Å². The summed E-state index contributed by atoms with van der Waals surface area (Å²) in [7, 11) is 1.69. The van der Waals surface area contributed by atoms with Crippen LogP contribution in [0.4, 0.5) is 5.69 Å². The topological polar surface area (TPSA) is 70.8 Å². The summed E-state index contributed by atoms with van der Waals surface area (Å²) in [5.74, 6) is 0.262. The highest BCUT2D eigenvalue weighted by atomic mass is 16.6. The lowest BCUT2D eigenvalue weighted by Crippen LogP contribution is -2.30. The van der Waals surface area contributed by atoms with Crippen molar-refractivity contribution in [3.8, 4) is 5.75 Å². The summed E-state index contributed by atoms with van der Waals surface area (Å²) >= 11 is 0. The van der Waals surface area contributed by atoms with Crippen molar-refractivity contribution < 1.29 is 19.0 Å². The standard InChI is InChI=1S/C15H21NO4/c1-18-13-3-2-4-14(9-13)20-15(17)10-19-12-7-5-11(16)6-8-12/h5-8,13-14H,2-4,9-10,16H2,1H3. The van der Waals surface area contributed by atoms with Gasteiger partial charge in [0.2, 0.25) is 0 Å². The molecule has 1 aliphatic rings. The van der Waals surface area contributed by atoms with Gasteiger partial charge in [0.1, 0.15) is 11.9 Å². The monoisotopic (exact) mass is 279 g/mol. The highest BCUT2D eigenvalue weighted by Crippen LogP contribution is 2.23. The van der Waals surface area contributed by atoms with Crippen LogP contribution in [0.5, 0.6) is 5.75 Å². The van der Waals surface area contributed by atoms with E-state index < -0.39 is 0 Å². The molecular formula is C15H21NO4. The van der Waals surface area contributed by atoms with Crippen LogP contribution in [0, 0.1) is 0 Å². The summed E-state index contributed by atoms with van der Waals surface area (Å²) in [6.45, 7) is -0.0853. The van der Waals surface area contributed by atoms with E-state index in [2.05, 4.69) is 0 Å². The van der Waals surface area contributed by atoms with Crippen LogP contribution < -0.4 is 10.5 Å². The van der Waals surface area contributed by atoms with E-state index in [9.17, 15) is 4.79 Å². The average molecular weight is 279 g/mol. The summed E-state index contributed by atoms with van der Waals surface area (Å²) in [6.07, 6.45) is 3.86. The normalized spacial score (nSPS) is 22.2. The largest absolute Gasteiger partial charge is 0.482 e. The van der Waals surface area contributed by atoms with Crippen molar-refractivity contribution in [1.82, 2.24) is 0 Å². The molecule has 1 aliphatic carbocycles. The second kappa shape index (κ2) is 7.14. The minimum atomic E-state index is -0.344. The molecule has 2 atom stereocenters. The molecule has 20 heavy (non-hydrogen) atoms. The molecule has 0 radical (unpaired) electrons. The number of anilines is 1. The van der Waals surface area contributed by atoms with Crippen LogP contribution in [0.2, 0.25) is 0 Å². The van der Waals surface area contributed by atoms with Crippen molar-refractivity contribution in [2.45, 2.75) is 37.9 Å². The summed E-state index contributed by atoms with van der Waals surface area (Å²) < 4.78 is 16.1. The van der Waals surface area contributed by atoms with Gasteiger partial charge in [-0.15, -0.1) is 0 Å². The van der Waals surface area contributed by atoms with Gasteiger partial charge in [-0.1, -0.05) is 0 Å². The molecule has 0 saturated heterocycles. The van der Waals surface area contributed by atoms with Crippen molar-refractivity contribution in [1.29, 1.82) is 0 Å². The van der Waals surface area contributed by atoms with Crippen LogP contribution in [0.15, 0.2) is 24.3 Å². The van der Waals surface area contributed by atoms with Crippen molar-refractivity contribution in [2.24, 2.45) is 0 Å². The number of carbonyl (C=O) groups is 1. The molecule has 1 aromatic carbocycles. The zero-order valence-corrected chi connectivity index (χ0v) is 11.7. The molecule has 2 rings (SSSR count). The first kappa shape index (κ1) is 14.7. The molecular weight excluding hydrogens is 258 g/mol. The Bertz CT molecular complexity index is 432. The van der Waals surface area contributed by atoms with Gasteiger partial charge in [-0.25, -0.2) is 4.79 Å². The molecule has 2 N–H and O–H groups in total. The lowest BCUT2D eigenvalue weighted by atomic mass is 9.95. The van der Waals surface area contributed by atoms with Gasteiger partial charge in [0, 0.05) is 19.2 Å². The number of benzene rings is 1. The molecule has 0 aromatic heterocycles. The number of rotatable bonds is 5. The Morgan fingerprint density at radius 3 is 2.65 bits per heavy atom. The Morgan fingerprint density at radius 2 is 1.95 bits per heavy atom. The molecule has 1 saturated carbocycles. The van der Waals surface area contributed by atoms with Gasteiger partial charge in [0.05, 0.1) is 6.10 Å². The summed E-state index contributed by atoms with van der Waals surface area (Å²) in [4.78, 5) is 11.7. The zero-order chi connectivity index (χ0) is 14.4. The summed E-state index contributed by atoms with van der Waals surface area (Å²) in [5.41, 5.74) is 6.23. The SMILES string of the molecule is COC1CCCC(OC(=O)COc2ccc(N)cc2)C1. The molecule has 5 heteroatoms. The third-order valence-corrected chi connectivity index (χ3v) is 3.45. The Labute approximate surface area is 119 Å². The maximum atomic E-state index is 11.7. The van der Waals surface area contributed by atoms with Crippen LogP contribution >= 0.6 is 0 Å². The predicted molar refractivity (Wildman–Crippen MR) is 75.5 cm³/mol. The van der Waals surface area contributed by atoms with Gasteiger partial charge < -0.3 is 19.9 Å². The van der Waals surface area contributed by atoms with Gasteiger partial charge in [-0.2, -0.15) is 0 Å². The van der Waals surface area contributed by atoms with Crippen molar-refractivity contribution in [3.05, 3.63) is 24.3 Å². The minimum absolute atomic E-state index is 0.0591. The maximum Gasteiger partial charge on any atom is 0.344 e. The highest BCUT2D eigenvalue weighted by molar-refractivity contribution is 5.71. The first-order valence-electron chi connectivity index (χ1n) is 6.88. The molecule has 0 aliphatic heterocycles. The number of esters is 1. The smallest absolute Gasteiger partial charge is 0.344 e. The molecule has 0 spiro atoms. The van der Waals surface area contributed by atoms with E-state index in [1.54, 1.807) is 31.4 Å². The van der Waals surface area contributed by atoms with E-state index in [1.807, 2.05) is 0 Å². The average Bonchev–Trinajstić information content (AvgIpc) is 2.47. The fourth-order valence-corrected chi connectivity index (χ4v) is 2.35. The van der Waals surface area contributed by atoms with E-state index in [0.29, 0.717) is 11.4 Å². The lowest BCUT2D eigenvalue weighted by Gasteiger charge is -2.27. The van der Waals surface area contributed by atoms with Crippen molar-refractivity contribution in [2.75, 3.05) is 19.5 Å². The molecule has 110 valence electrons. The quantitative estimate of drug-likeness (QED) is 0.660. The molecule has 2 unspecified atom stereocenters. The Balaban J connectivity index is 1.73. The third-order valence-electron chi connectivity index (χ3n) is 3.45. The number of nitrogen functional groups attached to an aromatic ring is 1. The molecule has 1 aromatic rings. The number of carbonyl (C=O) groups excluding carboxylic acids is 1. The predicted octanol–water partition coefficient (Wildman–Crippen LogP) is 2.15. The zero-order valence-electron chi connectivity index (χ0n) is 11.7. The van der Waals surface area contributed by atoms with Crippen LogP contribution in [0.25, 0.3) is 0 Å². The van der Waals surface area contributed by atoms with Gasteiger partial charge in [0.15, 0.2) is 6.61 Å². The first-order chi connectivity index (χ1) is 9.67. The van der Waals surface area contributed by atoms with Crippen molar-refractivity contribution in [3.63, 3.8) is 0 Å². The molecule has 0 amide bonds. The Hall–Kier alpha value is -1.75. The van der Waals surface area contributed by atoms with Gasteiger partial charge in [-0.3, -0.25) is 0 Å². The molecule has 1 fully saturated rings. The molecule has 0 bridgehead atoms. The first-order valence-corrected chi connectivity index (χ1v) is 6.88. The van der Waals surface area contributed by atoms with Crippen LogP contribution in [-0.2, 0) is 14.3 Å². The number of hydrogen-bond acceptors (Lipinski definition) is 5. The maximum absolute atomic E-state index is 11.7.